The Morgan fingerprint density at radius 3 is 2.65 bits per heavy atom. The van der Waals surface area contributed by atoms with Crippen molar-refractivity contribution < 1.29 is 9.90 Å². The molecule has 0 aromatic rings. The Morgan fingerprint density at radius 1 is 1.35 bits per heavy atom. The van der Waals surface area contributed by atoms with E-state index in [1.54, 1.807) is 0 Å². The number of aliphatic hydroxyl groups excluding tert-OH is 1. The van der Waals surface area contributed by atoms with Crippen LogP contribution in [0.3, 0.4) is 0 Å². The monoisotopic (exact) mass is 283 g/mol. The van der Waals surface area contributed by atoms with Crippen LogP contribution in [-0.2, 0) is 4.79 Å². The number of carbonyl (C=O) groups is 1. The highest BCUT2D eigenvalue weighted by atomic mass is 16.3. The van der Waals surface area contributed by atoms with Crippen molar-refractivity contribution in [3.05, 3.63) is 0 Å². The second-order valence-electron chi connectivity index (χ2n) is 6.37. The lowest BCUT2D eigenvalue weighted by atomic mass is 10.00. The second-order valence-corrected chi connectivity index (χ2v) is 6.37. The molecule has 5 nitrogen and oxygen atoms in total. The second kappa shape index (κ2) is 7.96. The van der Waals surface area contributed by atoms with Gasteiger partial charge in [-0.3, -0.25) is 9.69 Å². The molecule has 2 N–H and O–H groups in total. The van der Waals surface area contributed by atoms with Crippen LogP contribution < -0.4 is 5.32 Å². The molecule has 1 amide bonds. The van der Waals surface area contributed by atoms with E-state index >= 15 is 0 Å². The Labute approximate surface area is 122 Å². The molecule has 0 bridgehead atoms. The van der Waals surface area contributed by atoms with Crippen LogP contribution in [0.5, 0.6) is 0 Å². The standard InChI is InChI=1S/C15H29N3O2/c1-17(11-14(19)10-13-4-2-3-5-13)12-15(20)18-8-6-16-7-9-18/h13-14,16,19H,2-12H2,1H3. The molecule has 0 aromatic carbocycles. The van der Waals surface area contributed by atoms with E-state index in [0.29, 0.717) is 19.0 Å². The number of nitrogens with zero attached hydrogens (tertiary/aromatic N) is 2. The van der Waals surface area contributed by atoms with E-state index in [0.717, 1.165) is 32.6 Å². The number of rotatable bonds is 6. The average Bonchev–Trinajstić information content (AvgIpc) is 2.92. The molecule has 1 saturated carbocycles. The van der Waals surface area contributed by atoms with E-state index in [1.807, 2.05) is 16.8 Å². The molecule has 1 atom stereocenters. The molecule has 20 heavy (non-hydrogen) atoms. The lowest BCUT2D eigenvalue weighted by molar-refractivity contribution is -0.132. The van der Waals surface area contributed by atoms with Gasteiger partial charge in [0.1, 0.15) is 0 Å². The van der Waals surface area contributed by atoms with Crippen LogP contribution in [0.1, 0.15) is 32.1 Å². The van der Waals surface area contributed by atoms with Crippen molar-refractivity contribution in [3.8, 4) is 0 Å². The highest BCUT2D eigenvalue weighted by Gasteiger charge is 2.22. The van der Waals surface area contributed by atoms with Crippen LogP contribution in [-0.4, -0.2) is 73.2 Å². The molecule has 116 valence electrons. The first-order valence-corrected chi connectivity index (χ1v) is 8.00. The third kappa shape index (κ3) is 5.04. The van der Waals surface area contributed by atoms with E-state index in [-0.39, 0.29) is 12.0 Å². The quantitative estimate of drug-likeness (QED) is 0.736. The Balaban J connectivity index is 1.65. The molecule has 2 aliphatic rings. The van der Waals surface area contributed by atoms with Crippen LogP contribution in [0.25, 0.3) is 0 Å². The summed E-state index contributed by atoms with van der Waals surface area (Å²) >= 11 is 0. The number of aliphatic hydroxyl groups is 1. The summed E-state index contributed by atoms with van der Waals surface area (Å²) in [6, 6.07) is 0. The largest absolute Gasteiger partial charge is 0.392 e. The van der Waals surface area contributed by atoms with Crippen LogP contribution in [0.15, 0.2) is 0 Å². The van der Waals surface area contributed by atoms with Crippen molar-refractivity contribution in [3.63, 3.8) is 0 Å². The van der Waals surface area contributed by atoms with E-state index in [1.165, 1.54) is 25.7 Å². The molecule has 1 aliphatic carbocycles. The highest BCUT2D eigenvalue weighted by molar-refractivity contribution is 5.78. The predicted molar refractivity (Wildman–Crippen MR) is 79.5 cm³/mol. The van der Waals surface area contributed by atoms with Crippen LogP contribution in [0, 0.1) is 5.92 Å². The van der Waals surface area contributed by atoms with Crippen molar-refractivity contribution >= 4 is 5.91 Å². The molecule has 1 unspecified atom stereocenters. The van der Waals surface area contributed by atoms with Gasteiger partial charge in [0.05, 0.1) is 12.6 Å². The van der Waals surface area contributed by atoms with Crippen LogP contribution in [0.4, 0.5) is 0 Å². The third-order valence-electron chi connectivity index (χ3n) is 4.48. The summed E-state index contributed by atoms with van der Waals surface area (Å²) in [5, 5.41) is 13.4. The predicted octanol–water partition coefficient (Wildman–Crippen LogP) is 0.291. The Bertz CT molecular complexity index is 299. The molecule has 1 aliphatic heterocycles. The molecule has 1 saturated heterocycles. The summed E-state index contributed by atoms with van der Waals surface area (Å²) < 4.78 is 0. The van der Waals surface area contributed by atoms with Gasteiger partial charge < -0.3 is 15.3 Å². The summed E-state index contributed by atoms with van der Waals surface area (Å²) in [6.07, 6.45) is 5.76. The Kier molecular flexibility index (Phi) is 6.26. The first-order chi connectivity index (χ1) is 9.65. The Hall–Kier alpha value is -0.650. The van der Waals surface area contributed by atoms with E-state index in [9.17, 15) is 9.90 Å². The summed E-state index contributed by atoms with van der Waals surface area (Å²) in [7, 11) is 1.93. The summed E-state index contributed by atoms with van der Waals surface area (Å²) in [5.41, 5.74) is 0. The first-order valence-electron chi connectivity index (χ1n) is 8.00. The van der Waals surface area contributed by atoms with Gasteiger partial charge in [-0.1, -0.05) is 25.7 Å². The zero-order chi connectivity index (χ0) is 14.4. The van der Waals surface area contributed by atoms with Gasteiger partial charge in [-0.05, 0) is 19.4 Å². The van der Waals surface area contributed by atoms with Gasteiger partial charge in [0.2, 0.25) is 5.91 Å². The molecule has 0 radical (unpaired) electrons. The molecular weight excluding hydrogens is 254 g/mol. The normalized spacial score (nSPS) is 22.4. The van der Waals surface area contributed by atoms with Crippen LogP contribution >= 0.6 is 0 Å². The van der Waals surface area contributed by atoms with Gasteiger partial charge in [-0.25, -0.2) is 0 Å². The van der Waals surface area contributed by atoms with Crippen LogP contribution in [0.2, 0.25) is 0 Å². The van der Waals surface area contributed by atoms with Gasteiger partial charge in [-0.2, -0.15) is 0 Å². The van der Waals surface area contributed by atoms with Gasteiger partial charge in [0.15, 0.2) is 0 Å². The maximum Gasteiger partial charge on any atom is 0.236 e. The van der Waals surface area contributed by atoms with Crippen molar-refractivity contribution in [2.24, 2.45) is 5.92 Å². The van der Waals surface area contributed by atoms with Gasteiger partial charge in [0, 0.05) is 32.7 Å². The first kappa shape index (κ1) is 15.7. The fraction of sp³-hybridized carbons (Fsp3) is 0.933. The van der Waals surface area contributed by atoms with E-state index < -0.39 is 0 Å². The number of hydrogen-bond donors (Lipinski definition) is 2. The lowest BCUT2D eigenvalue weighted by Gasteiger charge is -2.30. The summed E-state index contributed by atoms with van der Waals surface area (Å²) in [6.45, 7) is 4.41. The third-order valence-corrected chi connectivity index (χ3v) is 4.48. The maximum absolute atomic E-state index is 12.1. The smallest absolute Gasteiger partial charge is 0.236 e. The highest BCUT2D eigenvalue weighted by Crippen LogP contribution is 2.28. The minimum Gasteiger partial charge on any atom is -0.392 e. The maximum atomic E-state index is 12.1. The molecule has 2 rings (SSSR count). The minimum atomic E-state index is -0.293. The number of hydrogen-bond acceptors (Lipinski definition) is 4. The molecule has 0 aromatic heterocycles. The van der Waals surface area contributed by atoms with Crippen molar-refractivity contribution in [1.82, 2.24) is 15.1 Å². The van der Waals surface area contributed by atoms with E-state index in [4.69, 9.17) is 0 Å². The molecule has 0 spiro atoms. The number of amides is 1. The van der Waals surface area contributed by atoms with Gasteiger partial charge in [0.25, 0.3) is 0 Å². The van der Waals surface area contributed by atoms with Crippen molar-refractivity contribution in [2.75, 3.05) is 46.3 Å². The number of piperazine rings is 1. The molecule has 2 fully saturated rings. The average molecular weight is 283 g/mol. The molecule has 5 heteroatoms. The zero-order valence-electron chi connectivity index (χ0n) is 12.7. The molecular formula is C15H29N3O2. The topological polar surface area (TPSA) is 55.8 Å². The fourth-order valence-corrected chi connectivity index (χ4v) is 3.37. The van der Waals surface area contributed by atoms with Crippen molar-refractivity contribution in [1.29, 1.82) is 0 Å². The number of likely N-dealkylation sites (N-methyl/N-ethyl adjacent to an activating group) is 1. The van der Waals surface area contributed by atoms with E-state index in [2.05, 4.69) is 5.32 Å². The van der Waals surface area contributed by atoms with Gasteiger partial charge >= 0.3 is 0 Å². The SMILES string of the molecule is CN(CC(=O)N1CCNCC1)CC(O)CC1CCCC1. The van der Waals surface area contributed by atoms with Gasteiger partial charge in [-0.15, -0.1) is 0 Å². The lowest BCUT2D eigenvalue weighted by Crippen LogP contribution is -2.49. The molecule has 1 heterocycles. The number of nitrogens with one attached hydrogen (secondary N) is 1. The minimum absolute atomic E-state index is 0.182. The zero-order valence-corrected chi connectivity index (χ0v) is 12.7. The summed E-state index contributed by atoms with van der Waals surface area (Å²) in [4.78, 5) is 16.0. The fourth-order valence-electron chi connectivity index (χ4n) is 3.37. The Morgan fingerprint density at radius 2 is 2.00 bits per heavy atom. The summed E-state index contributed by atoms with van der Waals surface area (Å²) in [5.74, 6) is 0.879. The van der Waals surface area contributed by atoms with Crippen molar-refractivity contribution in [2.45, 2.75) is 38.2 Å². The number of carbonyl (C=O) groups excluding carboxylic acids is 1.